The van der Waals surface area contributed by atoms with Crippen LogP contribution in [0.1, 0.15) is 45.6 Å². The van der Waals surface area contributed by atoms with Crippen LogP contribution in [0.4, 0.5) is 10.5 Å². The predicted molar refractivity (Wildman–Crippen MR) is 143 cm³/mol. The molecule has 1 amide bonds. The second-order valence-corrected chi connectivity index (χ2v) is 9.60. The minimum absolute atomic E-state index is 0.0600. The molecular weight excluding hydrogens is 464 g/mol. The number of carbonyl (C=O) groups excluding carboxylic acids is 1. The number of benzene rings is 2. The number of ether oxygens (including phenoxy) is 3. The third-order valence-electron chi connectivity index (χ3n) is 7.26. The Morgan fingerprint density at radius 3 is 2.46 bits per heavy atom. The Hall–Kier alpha value is -3.97. The van der Waals surface area contributed by atoms with E-state index < -0.39 is 17.4 Å². The minimum atomic E-state index is -1.02. The van der Waals surface area contributed by atoms with Crippen LogP contribution < -0.4 is 15.4 Å². The maximum Gasteiger partial charge on any atom is 0.421 e. The molecule has 37 heavy (non-hydrogen) atoms. The van der Waals surface area contributed by atoms with Crippen LogP contribution in [0, 0.1) is 23.8 Å². The first kappa shape index (κ1) is 24.7. The normalized spacial score (nSPS) is 25.5. The van der Waals surface area contributed by atoms with Crippen molar-refractivity contribution in [1.82, 2.24) is 0 Å². The zero-order valence-electron chi connectivity index (χ0n) is 21.3. The molecule has 1 fully saturated rings. The van der Waals surface area contributed by atoms with Crippen LogP contribution in [0.5, 0.6) is 5.75 Å². The third-order valence-corrected chi connectivity index (χ3v) is 7.26. The van der Waals surface area contributed by atoms with Gasteiger partial charge in [0.25, 0.3) is 0 Å². The van der Waals surface area contributed by atoms with Gasteiger partial charge in [0.2, 0.25) is 0 Å². The highest BCUT2D eigenvalue weighted by Gasteiger charge is 2.56. The van der Waals surface area contributed by atoms with Crippen LogP contribution in [-0.2, 0) is 9.47 Å². The molecule has 2 heterocycles. The standard InChI is InChI=1S/C31H30N2O4/c1-22-23(2)37-31(36-22)20-13-17-26-28(31)25-16-9-10-18-27(25)33(29(34)35-24-14-7-6-8-15-24)30(26,3)19-11-4-5-12-21-32/h4-10,14-16,18,22-23H,13,17,20,32H2,1-3H3/b5-4-/t22-,23-,30+/m1/s1. The molecule has 1 saturated heterocycles. The van der Waals surface area contributed by atoms with Crippen LogP contribution >= 0.6 is 0 Å². The summed E-state index contributed by atoms with van der Waals surface area (Å²) in [7, 11) is 0. The average molecular weight is 495 g/mol. The van der Waals surface area contributed by atoms with Gasteiger partial charge in [-0.25, -0.2) is 4.79 Å². The van der Waals surface area contributed by atoms with Crippen LogP contribution in [0.2, 0.25) is 0 Å². The largest absolute Gasteiger partial charge is 0.421 e. The number of para-hydroxylation sites is 2. The first-order valence-corrected chi connectivity index (χ1v) is 12.5. The van der Waals surface area contributed by atoms with Gasteiger partial charge in [0.15, 0.2) is 5.79 Å². The van der Waals surface area contributed by atoms with Crippen molar-refractivity contribution in [3.63, 3.8) is 0 Å². The zero-order chi connectivity index (χ0) is 26.0. The fourth-order valence-corrected chi connectivity index (χ4v) is 5.50. The second kappa shape index (κ2) is 9.82. The fraction of sp³-hybridized carbons (Fsp3) is 0.323. The molecule has 1 aliphatic carbocycles. The van der Waals surface area contributed by atoms with E-state index in [0.29, 0.717) is 11.4 Å². The SMILES string of the molecule is C[C@H]1OC2(CCCC3=C2c2ccccc2N(C(=O)Oc2ccccc2)[C@@]3(C)C#C/C=C\C#CN)O[C@@H]1C. The van der Waals surface area contributed by atoms with Crippen LogP contribution in [0.15, 0.2) is 72.3 Å². The lowest BCUT2D eigenvalue weighted by Gasteiger charge is -2.49. The molecule has 2 N–H and O–H groups in total. The smallest absolute Gasteiger partial charge is 0.410 e. The molecule has 0 bridgehead atoms. The molecule has 6 heteroatoms. The Balaban J connectivity index is 1.71. The summed E-state index contributed by atoms with van der Waals surface area (Å²) in [5, 5.41) is 0. The quantitative estimate of drug-likeness (QED) is 0.424. The van der Waals surface area contributed by atoms with Crippen molar-refractivity contribution in [3.05, 3.63) is 77.9 Å². The molecule has 5 rings (SSSR count). The lowest BCUT2D eigenvalue weighted by molar-refractivity contribution is -0.134. The van der Waals surface area contributed by atoms with Crippen LogP contribution in [0.3, 0.4) is 0 Å². The minimum Gasteiger partial charge on any atom is -0.410 e. The van der Waals surface area contributed by atoms with Gasteiger partial charge in [0.1, 0.15) is 11.3 Å². The van der Waals surface area contributed by atoms with Crippen LogP contribution in [0.25, 0.3) is 5.57 Å². The first-order chi connectivity index (χ1) is 17.9. The lowest BCUT2D eigenvalue weighted by atomic mass is 9.71. The molecule has 3 aliphatic rings. The van der Waals surface area contributed by atoms with E-state index >= 15 is 0 Å². The van der Waals surface area contributed by atoms with E-state index in [1.165, 1.54) is 0 Å². The summed E-state index contributed by atoms with van der Waals surface area (Å²) in [5.41, 5.74) is 7.82. The van der Waals surface area contributed by atoms with Gasteiger partial charge in [-0.1, -0.05) is 54.2 Å². The molecule has 2 aromatic carbocycles. The van der Waals surface area contributed by atoms with Gasteiger partial charge in [-0.2, -0.15) is 0 Å². The summed E-state index contributed by atoms with van der Waals surface area (Å²) < 4.78 is 19.0. The Bertz CT molecular complexity index is 1380. The van der Waals surface area contributed by atoms with E-state index in [0.717, 1.165) is 36.0 Å². The van der Waals surface area contributed by atoms with E-state index in [2.05, 4.69) is 23.8 Å². The summed E-state index contributed by atoms with van der Waals surface area (Å²) in [6.07, 6.45) is 4.91. The fourth-order valence-electron chi connectivity index (χ4n) is 5.50. The summed E-state index contributed by atoms with van der Waals surface area (Å²) in [5.74, 6) is 8.69. The number of hydrogen-bond donors (Lipinski definition) is 1. The van der Waals surface area contributed by atoms with Crippen molar-refractivity contribution < 1.29 is 19.0 Å². The number of anilines is 1. The van der Waals surface area contributed by atoms with E-state index in [1.807, 2.05) is 63.2 Å². The van der Waals surface area contributed by atoms with Gasteiger partial charge >= 0.3 is 6.09 Å². The molecule has 0 aromatic heterocycles. The molecule has 0 saturated carbocycles. The van der Waals surface area contributed by atoms with Gasteiger partial charge < -0.3 is 19.9 Å². The van der Waals surface area contributed by atoms with Crippen LogP contribution in [-0.4, -0.2) is 29.6 Å². The average Bonchev–Trinajstić information content (AvgIpc) is 3.17. The maximum atomic E-state index is 13.9. The monoisotopic (exact) mass is 494 g/mol. The van der Waals surface area contributed by atoms with Gasteiger partial charge in [-0.15, -0.1) is 0 Å². The zero-order valence-corrected chi connectivity index (χ0v) is 21.3. The lowest BCUT2D eigenvalue weighted by Crippen LogP contribution is -2.56. The highest BCUT2D eigenvalue weighted by atomic mass is 16.8. The number of nitrogens with zero attached hydrogens (tertiary/aromatic N) is 1. The summed E-state index contributed by atoms with van der Waals surface area (Å²) in [6.45, 7) is 6.03. The molecule has 6 nitrogen and oxygen atoms in total. The van der Waals surface area contributed by atoms with Crippen molar-refractivity contribution in [3.8, 4) is 29.6 Å². The second-order valence-electron chi connectivity index (χ2n) is 9.60. The maximum absolute atomic E-state index is 13.9. The molecule has 188 valence electrons. The van der Waals surface area contributed by atoms with Crippen molar-refractivity contribution >= 4 is 17.4 Å². The number of nitrogens with two attached hydrogens (primary N) is 1. The molecule has 3 atom stereocenters. The van der Waals surface area contributed by atoms with Crippen molar-refractivity contribution in [2.24, 2.45) is 5.73 Å². The number of hydrogen-bond acceptors (Lipinski definition) is 5. The molecule has 1 spiro atoms. The topological polar surface area (TPSA) is 74.0 Å². The Morgan fingerprint density at radius 2 is 1.73 bits per heavy atom. The highest BCUT2D eigenvalue weighted by molar-refractivity contribution is 6.01. The van der Waals surface area contributed by atoms with Gasteiger partial charge in [0.05, 0.1) is 17.9 Å². The molecule has 2 aliphatic heterocycles. The Morgan fingerprint density at radius 1 is 1.05 bits per heavy atom. The molecule has 0 radical (unpaired) electrons. The van der Waals surface area contributed by atoms with E-state index in [9.17, 15) is 4.79 Å². The van der Waals surface area contributed by atoms with Crippen molar-refractivity contribution in [1.29, 1.82) is 0 Å². The van der Waals surface area contributed by atoms with Crippen molar-refractivity contribution in [2.45, 2.75) is 63.6 Å². The summed E-state index contributed by atoms with van der Waals surface area (Å²) in [6, 6.07) is 19.2. The van der Waals surface area contributed by atoms with E-state index in [4.69, 9.17) is 19.9 Å². The number of allylic oxidation sites excluding steroid dienone is 2. The third kappa shape index (κ3) is 4.29. The van der Waals surface area contributed by atoms with E-state index in [-0.39, 0.29) is 12.2 Å². The number of fused-ring (bicyclic) bond motifs is 3. The van der Waals surface area contributed by atoms with Crippen molar-refractivity contribution in [2.75, 3.05) is 4.90 Å². The van der Waals surface area contributed by atoms with Gasteiger partial charge in [-0.05, 0) is 69.5 Å². The van der Waals surface area contributed by atoms with Gasteiger partial charge in [0, 0.05) is 23.6 Å². The predicted octanol–water partition coefficient (Wildman–Crippen LogP) is 5.40. The van der Waals surface area contributed by atoms with E-state index in [1.54, 1.807) is 29.2 Å². The molecule has 0 unspecified atom stereocenters. The van der Waals surface area contributed by atoms with Gasteiger partial charge in [-0.3, -0.25) is 4.90 Å². The highest BCUT2D eigenvalue weighted by Crippen LogP contribution is 2.56. The Kier molecular flexibility index (Phi) is 6.56. The number of rotatable bonds is 1. The number of carbonyl (C=O) groups is 1. The first-order valence-electron chi connectivity index (χ1n) is 12.5. The Labute approximate surface area is 218 Å². The summed E-state index contributed by atoms with van der Waals surface area (Å²) in [4.78, 5) is 15.5. The molecular formula is C31H30N2O4. The molecule has 2 aromatic rings. The number of amides is 1. The summed E-state index contributed by atoms with van der Waals surface area (Å²) >= 11 is 0.